The molecule has 0 aromatic heterocycles. The van der Waals surface area contributed by atoms with Gasteiger partial charge in [-0.3, -0.25) is 9.59 Å². The molecule has 0 saturated heterocycles. The first-order valence-electron chi connectivity index (χ1n) is 14.5. The molecule has 1 spiro atoms. The van der Waals surface area contributed by atoms with Gasteiger partial charge in [-0.2, -0.15) is 0 Å². The molecule has 10 unspecified atom stereocenters. The van der Waals surface area contributed by atoms with Gasteiger partial charge in [0.1, 0.15) is 6.10 Å². The Morgan fingerprint density at radius 1 is 1.10 bits per heavy atom. The van der Waals surface area contributed by atoms with E-state index in [1.807, 2.05) is 26.8 Å². The van der Waals surface area contributed by atoms with Gasteiger partial charge in [-0.05, 0) is 67.2 Å². The minimum absolute atomic E-state index is 0.0334. The summed E-state index contributed by atoms with van der Waals surface area (Å²) in [6.45, 7) is 13.3. The first-order chi connectivity index (χ1) is 18.7. The summed E-state index contributed by atoms with van der Waals surface area (Å²) in [6, 6.07) is 8.84. The zero-order valence-corrected chi connectivity index (χ0v) is 24.5. The number of carbonyl (C=O) groups is 3. The van der Waals surface area contributed by atoms with E-state index in [1.54, 1.807) is 57.2 Å². The minimum Gasteiger partial charge on any atom is -0.461 e. The van der Waals surface area contributed by atoms with Gasteiger partial charge in [0, 0.05) is 11.3 Å². The van der Waals surface area contributed by atoms with Crippen LogP contribution in [0.2, 0.25) is 0 Å². The highest BCUT2D eigenvalue weighted by atomic mass is 16.6. The van der Waals surface area contributed by atoms with E-state index in [9.17, 15) is 24.6 Å². The Bertz CT molecular complexity index is 1280. The SMILES string of the molecule is CC1=CC2C(=O)C3(C=C(C)C(OC(=O)C(C)C(C)C)C3(O)C1O)C(C)CC1C2C1(C)COC(=O)c1ccccc1. The van der Waals surface area contributed by atoms with Gasteiger partial charge in [-0.25, -0.2) is 4.79 Å². The standard InChI is InChI=1S/C33H42O7/c1-17(2)21(6)29(36)40-28-19(4)15-32-20(5)14-24-25(23(27(32)35)13-18(3)26(34)33(28,32)38)31(24,7)16-39-30(37)22-11-9-8-10-12-22/h8-13,15,17,20-21,23-26,28,34,38H,14,16H2,1-7H3. The summed E-state index contributed by atoms with van der Waals surface area (Å²) < 4.78 is 11.7. The van der Waals surface area contributed by atoms with Gasteiger partial charge in [0.05, 0.1) is 23.5 Å². The Kier molecular flexibility index (Phi) is 6.94. The lowest BCUT2D eigenvalue weighted by Gasteiger charge is -2.49. The van der Waals surface area contributed by atoms with E-state index >= 15 is 0 Å². The number of aliphatic hydroxyl groups is 2. The van der Waals surface area contributed by atoms with Crippen LogP contribution >= 0.6 is 0 Å². The Hall–Kier alpha value is -2.77. The summed E-state index contributed by atoms with van der Waals surface area (Å²) >= 11 is 0. The van der Waals surface area contributed by atoms with E-state index < -0.39 is 52.4 Å². The molecule has 2 saturated carbocycles. The van der Waals surface area contributed by atoms with E-state index in [0.717, 1.165) is 0 Å². The van der Waals surface area contributed by atoms with Crippen LogP contribution in [-0.2, 0) is 19.1 Å². The summed E-state index contributed by atoms with van der Waals surface area (Å²) in [6.07, 6.45) is 1.63. The average Bonchev–Trinajstić information content (AvgIpc) is 3.46. The number of ether oxygens (including phenoxy) is 2. The third-order valence-electron chi connectivity index (χ3n) is 10.8. The number of carbonyl (C=O) groups excluding carboxylic acids is 3. The molecule has 1 aromatic carbocycles. The van der Waals surface area contributed by atoms with Gasteiger partial charge in [-0.15, -0.1) is 0 Å². The summed E-state index contributed by atoms with van der Waals surface area (Å²) in [7, 11) is 0. The normalized spacial score (nSPS) is 40.6. The number of hydrogen-bond acceptors (Lipinski definition) is 7. The molecule has 0 aliphatic heterocycles. The predicted molar refractivity (Wildman–Crippen MR) is 149 cm³/mol. The van der Waals surface area contributed by atoms with Gasteiger partial charge in [0.25, 0.3) is 0 Å². The first-order valence-corrected chi connectivity index (χ1v) is 14.5. The second-order valence-electron chi connectivity index (χ2n) is 13.4. The average molecular weight is 551 g/mol. The largest absolute Gasteiger partial charge is 0.461 e. The summed E-state index contributed by atoms with van der Waals surface area (Å²) in [5.41, 5.74) is -2.33. The predicted octanol–water partition coefficient (Wildman–Crippen LogP) is 4.52. The second kappa shape index (κ2) is 9.66. The minimum atomic E-state index is -2.03. The van der Waals surface area contributed by atoms with Crippen molar-refractivity contribution in [3.8, 4) is 0 Å². The summed E-state index contributed by atoms with van der Waals surface area (Å²) in [5.74, 6) is -2.36. The highest BCUT2D eigenvalue weighted by molar-refractivity contribution is 5.95. The first kappa shape index (κ1) is 28.7. The number of hydrogen-bond donors (Lipinski definition) is 2. The van der Waals surface area contributed by atoms with E-state index in [0.29, 0.717) is 23.1 Å². The highest BCUT2D eigenvalue weighted by Gasteiger charge is 2.77. The van der Waals surface area contributed by atoms with Gasteiger partial charge in [0.15, 0.2) is 17.5 Å². The fourth-order valence-electron chi connectivity index (χ4n) is 7.97. The van der Waals surface area contributed by atoms with Crippen LogP contribution in [-0.4, -0.2) is 52.4 Å². The van der Waals surface area contributed by atoms with E-state index in [1.165, 1.54) is 0 Å². The molecule has 1 aromatic rings. The number of rotatable bonds is 6. The maximum absolute atomic E-state index is 14.7. The Morgan fingerprint density at radius 3 is 2.38 bits per heavy atom. The van der Waals surface area contributed by atoms with Crippen LogP contribution < -0.4 is 0 Å². The van der Waals surface area contributed by atoms with Crippen LogP contribution in [0, 0.1) is 46.3 Å². The van der Waals surface area contributed by atoms with E-state index in [2.05, 4.69) is 6.92 Å². The number of allylic oxidation sites excluding steroid dienone is 1. The van der Waals surface area contributed by atoms with Crippen LogP contribution in [0.1, 0.15) is 65.2 Å². The number of Topliss-reactive ketones (excluding diaryl/α,β-unsaturated/α-hetero) is 1. The zero-order chi connectivity index (χ0) is 29.4. The smallest absolute Gasteiger partial charge is 0.338 e. The number of benzene rings is 1. The van der Waals surface area contributed by atoms with Crippen LogP contribution in [0.5, 0.6) is 0 Å². The molecule has 0 radical (unpaired) electrons. The van der Waals surface area contributed by atoms with E-state index in [-0.39, 0.29) is 36.1 Å². The fraction of sp³-hybridized carbons (Fsp3) is 0.606. The van der Waals surface area contributed by atoms with Crippen molar-refractivity contribution >= 4 is 17.7 Å². The van der Waals surface area contributed by atoms with Crippen molar-refractivity contribution < 1.29 is 34.1 Å². The quantitative estimate of drug-likeness (QED) is 0.396. The van der Waals surface area contributed by atoms with Gasteiger partial charge < -0.3 is 19.7 Å². The molecule has 40 heavy (non-hydrogen) atoms. The molecule has 7 nitrogen and oxygen atoms in total. The second-order valence-corrected chi connectivity index (χ2v) is 13.4. The van der Waals surface area contributed by atoms with Crippen molar-refractivity contribution in [2.45, 2.75) is 72.7 Å². The van der Waals surface area contributed by atoms with Crippen molar-refractivity contribution in [3.05, 3.63) is 59.2 Å². The van der Waals surface area contributed by atoms with Crippen molar-refractivity contribution in [1.29, 1.82) is 0 Å². The number of aliphatic hydroxyl groups excluding tert-OH is 1. The lowest BCUT2D eigenvalue weighted by molar-refractivity contribution is -0.205. The molecule has 5 rings (SSSR count). The van der Waals surface area contributed by atoms with Crippen LogP contribution in [0.15, 0.2) is 53.6 Å². The molecule has 2 N–H and O–H groups in total. The molecule has 0 heterocycles. The van der Waals surface area contributed by atoms with Crippen molar-refractivity contribution in [2.75, 3.05) is 6.61 Å². The van der Waals surface area contributed by atoms with Crippen molar-refractivity contribution in [1.82, 2.24) is 0 Å². The number of fused-ring (bicyclic) bond motifs is 3. The molecule has 7 heteroatoms. The molecule has 216 valence electrons. The van der Waals surface area contributed by atoms with Gasteiger partial charge >= 0.3 is 11.9 Å². The van der Waals surface area contributed by atoms with E-state index in [4.69, 9.17) is 9.47 Å². The third-order valence-corrected chi connectivity index (χ3v) is 10.8. The maximum Gasteiger partial charge on any atom is 0.338 e. The molecule has 4 aliphatic rings. The number of ketones is 1. The van der Waals surface area contributed by atoms with Crippen molar-refractivity contribution in [2.24, 2.45) is 46.3 Å². The Morgan fingerprint density at radius 2 is 1.75 bits per heavy atom. The molecule has 2 fully saturated rings. The van der Waals surface area contributed by atoms with Crippen LogP contribution in [0.25, 0.3) is 0 Å². The monoisotopic (exact) mass is 550 g/mol. The van der Waals surface area contributed by atoms with Crippen LogP contribution in [0.3, 0.4) is 0 Å². The van der Waals surface area contributed by atoms with Crippen molar-refractivity contribution in [3.63, 3.8) is 0 Å². The third kappa shape index (κ3) is 3.87. The lowest BCUT2D eigenvalue weighted by atomic mass is 9.59. The highest BCUT2D eigenvalue weighted by Crippen LogP contribution is 2.72. The maximum atomic E-state index is 14.7. The number of esters is 2. The summed E-state index contributed by atoms with van der Waals surface area (Å²) in [4.78, 5) is 40.4. The Balaban J connectivity index is 1.48. The molecule has 10 atom stereocenters. The van der Waals surface area contributed by atoms with Gasteiger partial charge in [-0.1, -0.05) is 65.0 Å². The molecule has 4 aliphatic carbocycles. The molecular formula is C33H42O7. The fourth-order valence-corrected chi connectivity index (χ4v) is 7.97. The van der Waals surface area contributed by atoms with Crippen LogP contribution in [0.4, 0.5) is 0 Å². The van der Waals surface area contributed by atoms with Gasteiger partial charge in [0.2, 0.25) is 0 Å². The lowest BCUT2D eigenvalue weighted by Crippen LogP contribution is -2.65. The summed E-state index contributed by atoms with van der Waals surface area (Å²) in [5, 5.41) is 24.2. The molecule has 2 bridgehead atoms. The zero-order valence-electron chi connectivity index (χ0n) is 24.5. The topological polar surface area (TPSA) is 110 Å². The Labute approximate surface area is 236 Å². The molecular weight excluding hydrogens is 508 g/mol. The molecule has 0 amide bonds.